The van der Waals surface area contributed by atoms with Crippen LogP contribution < -0.4 is 0 Å². The molecular weight excluding hydrogens is 148 g/mol. The molecule has 0 saturated heterocycles. The van der Waals surface area contributed by atoms with E-state index in [1.54, 1.807) is 0 Å². The van der Waals surface area contributed by atoms with Crippen LogP contribution in [0.2, 0.25) is 0 Å². The zero-order valence-corrected chi connectivity index (χ0v) is 7.89. The molecule has 0 spiro atoms. The van der Waals surface area contributed by atoms with E-state index < -0.39 is 0 Å². The summed E-state index contributed by atoms with van der Waals surface area (Å²) in [7, 11) is 0. The van der Waals surface area contributed by atoms with Crippen molar-refractivity contribution in [1.82, 2.24) is 0 Å². The van der Waals surface area contributed by atoms with Gasteiger partial charge in [0.15, 0.2) is 0 Å². The van der Waals surface area contributed by atoms with Gasteiger partial charge in [-0.05, 0) is 43.3 Å². The first-order valence-corrected chi connectivity index (χ1v) is 4.74. The number of rotatable bonds is 0. The van der Waals surface area contributed by atoms with Gasteiger partial charge >= 0.3 is 0 Å². The lowest BCUT2D eigenvalue weighted by atomic mass is 9.84. The van der Waals surface area contributed by atoms with E-state index in [0.717, 1.165) is 11.7 Å². The van der Waals surface area contributed by atoms with Crippen LogP contribution in [0.25, 0.3) is 0 Å². The van der Waals surface area contributed by atoms with Crippen molar-refractivity contribution >= 4 is 0 Å². The minimum atomic E-state index is 0.376. The summed E-state index contributed by atoms with van der Waals surface area (Å²) >= 11 is 0. The minimum Gasteiger partial charge on any atom is -0.486 e. The number of hydrogen-bond donors (Lipinski definition) is 0. The van der Waals surface area contributed by atoms with Gasteiger partial charge in [-0.2, -0.15) is 0 Å². The van der Waals surface area contributed by atoms with E-state index in [9.17, 15) is 0 Å². The predicted octanol–water partition coefficient (Wildman–Crippen LogP) is 3.04. The van der Waals surface area contributed by atoms with Crippen molar-refractivity contribution in [2.45, 2.75) is 39.2 Å². The van der Waals surface area contributed by atoms with Crippen LogP contribution in [0.3, 0.4) is 0 Å². The van der Waals surface area contributed by atoms with Crippen LogP contribution >= 0.6 is 0 Å². The Labute approximate surface area is 74.1 Å². The minimum absolute atomic E-state index is 0.376. The van der Waals surface area contributed by atoms with Crippen LogP contribution in [0.5, 0.6) is 0 Å². The molecule has 0 aromatic heterocycles. The van der Waals surface area contributed by atoms with Gasteiger partial charge in [-0.3, -0.25) is 0 Å². The normalized spacial score (nSPS) is 35.0. The molecule has 0 bridgehead atoms. The second-order valence-electron chi connectivity index (χ2n) is 4.06. The van der Waals surface area contributed by atoms with Gasteiger partial charge in [0.05, 0.1) is 0 Å². The second kappa shape index (κ2) is 2.65. The summed E-state index contributed by atoms with van der Waals surface area (Å²) in [4.78, 5) is 0. The van der Waals surface area contributed by atoms with Crippen molar-refractivity contribution in [2.24, 2.45) is 5.92 Å². The Kier molecular flexibility index (Phi) is 1.75. The Morgan fingerprint density at radius 3 is 3.00 bits per heavy atom. The van der Waals surface area contributed by atoms with Gasteiger partial charge in [-0.1, -0.05) is 13.5 Å². The molecule has 0 radical (unpaired) electrons. The van der Waals surface area contributed by atoms with Gasteiger partial charge in [0.1, 0.15) is 11.9 Å². The highest BCUT2D eigenvalue weighted by Gasteiger charge is 2.32. The van der Waals surface area contributed by atoms with Gasteiger partial charge in [0.25, 0.3) is 0 Å². The molecule has 12 heavy (non-hydrogen) atoms. The van der Waals surface area contributed by atoms with Gasteiger partial charge in [0.2, 0.25) is 0 Å². The molecule has 1 saturated carbocycles. The number of ether oxygens (including phenoxy) is 1. The van der Waals surface area contributed by atoms with E-state index in [1.165, 1.54) is 30.4 Å². The summed E-state index contributed by atoms with van der Waals surface area (Å²) in [5.74, 6) is 1.72. The van der Waals surface area contributed by atoms with Crippen LogP contribution in [0.15, 0.2) is 23.5 Å². The first kappa shape index (κ1) is 7.90. The SMILES string of the molecule is C=C1OC2CC(C)CCC2=C1C. The summed E-state index contributed by atoms with van der Waals surface area (Å²) < 4.78 is 5.68. The fourth-order valence-corrected chi connectivity index (χ4v) is 2.18. The Bertz CT molecular complexity index is 250. The number of hydrogen-bond acceptors (Lipinski definition) is 1. The fraction of sp³-hybridized carbons (Fsp3) is 0.636. The van der Waals surface area contributed by atoms with Gasteiger partial charge < -0.3 is 4.74 Å². The molecule has 1 nitrogen and oxygen atoms in total. The first-order valence-electron chi connectivity index (χ1n) is 4.74. The van der Waals surface area contributed by atoms with Crippen molar-refractivity contribution in [2.75, 3.05) is 0 Å². The zero-order valence-electron chi connectivity index (χ0n) is 7.89. The van der Waals surface area contributed by atoms with E-state index in [1.807, 2.05) is 0 Å². The molecule has 1 heterocycles. The highest BCUT2D eigenvalue weighted by molar-refractivity contribution is 5.36. The molecule has 0 N–H and O–H groups in total. The molecule has 0 amide bonds. The Balaban J connectivity index is 2.23. The fourth-order valence-electron chi connectivity index (χ4n) is 2.18. The third kappa shape index (κ3) is 1.08. The maximum Gasteiger partial charge on any atom is 0.121 e. The molecule has 1 aliphatic carbocycles. The first-order chi connectivity index (χ1) is 5.68. The second-order valence-corrected chi connectivity index (χ2v) is 4.06. The lowest BCUT2D eigenvalue weighted by molar-refractivity contribution is 0.131. The summed E-state index contributed by atoms with van der Waals surface area (Å²) in [6.07, 6.45) is 4.10. The summed E-state index contributed by atoms with van der Waals surface area (Å²) in [5.41, 5.74) is 2.82. The molecule has 1 heteroatoms. The monoisotopic (exact) mass is 164 g/mol. The van der Waals surface area contributed by atoms with Crippen LogP contribution in [0, 0.1) is 5.92 Å². The van der Waals surface area contributed by atoms with Gasteiger partial charge in [0, 0.05) is 0 Å². The molecule has 1 aliphatic heterocycles. The highest BCUT2D eigenvalue weighted by atomic mass is 16.5. The van der Waals surface area contributed by atoms with Crippen LogP contribution in [-0.2, 0) is 4.74 Å². The summed E-state index contributed by atoms with van der Waals surface area (Å²) in [6.45, 7) is 8.34. The molecular formula is C11H16O. The smallest absolute Gasteiger partial charge is 0.121 e. The molecule has 1 fully saturated rings. The standard InChI is InChI=1S/C11H16O/c1-7-4-5-10-8(2)9(3)12-11(10)6-7/h7,11H,3-6H2,1-2H3. The van der Waals surface area contributed by atoms with Gasteiger partial charge in [-0.25, -0.2) is 0 Å². The summed E-state index contributed by atoms with van der Waals surface area (Å²) in [6, 6.07) is 0. The van der Waals surface area contributed by atoms with Crippen molar-refractivity contribution in [3.63, 3.8) is 0 Å². The van der Waals surface area contributed by atoms with Crippen molar-refractivity contribution in [3.8, 4) is 0 Å². The van der Waals surface area contributed by atoms with E-state index in [-0.39, 0.29) is 0 Å². The van der Waals surface area contributed by atoms with Gasteiger partial charge in [-0.15, -0.1) is 0 Å². The molecule has 66 valence electrons. The maximum atomic E-state index is 5.68. The largest absolute Gasteiger partial charge is 0.486 e. The quantitative estimate of drug-likeness (QED) is 0.534. The van der Waals surface area contributed by atoms with Crippen LogP contribution in [0.4, 0.5) is 0 Å². The van der Waals surface area contributed by atoms with Crippen LogP contribution in [0.1, 0.15) is 33.1 Å². The van der Waals surface area contributed by atoms with Crippen molar-refractivity contribution in [3.05, 3.63) is 23.5 Å². The summed E-state index contributed by atoms with van der Waals surface area (Å²) in [5, 5.41) is 0. The average molecular weight is 164 g/mol. The molecule has 2 rings (SSSR count). The highest BCUT2D eigenvalue weighted by Crippen LogP contribution is 2.40. The number of fused-ring (bicyclic) bond motifs is 1. The van der Waals surface area contributed by atoms with Crippen molar-refractivity contribution in [1.29, 1.82) is 0 Å². The lowest BCUT2D eigenvalue weighted by Gasteiger charge is -2.25. The number of allylic oxidation sites excluding steroid dienone is 1. The maximum absolute atomic E-state index is 5.68. The third-order valence-electron chi connectivity index (χ3n) is 3.10. The molecule has 2 unspecified atom stereocenters. The predicted molar refractivity (Wildman–Crippen MR) is 49.7 cm³/mol. The molecule has 2 atom stereocenters. The Morgan fingerprint density at radius 2 is 2.25 bits per heavy atom. The third-order valence-corrected chi connectivity index (χ3v) is 3.10. The Hall–Kier alpha value is -0.720. The topological polar surface area (TPSA) is 9.23 Å². The van der Waals surface area contributed by atoms with Crippen LogP contribution in [-0.4, -0.2) is 6.10 Å². The average Bonchev–Trinajstić information content (AvgIpc) is 2.28. The Morgan fingerprint density at radius 1 is 1.50 bits per heavy atom. The van der Waals surface area contributed by atoms with E-state index in [0.29, 0.717) is 6.10 Å². The molecule has 2 aliphatic rings. The van der Waals surface area contributed by atoms with E-state index in [4.69, 9.17) is 4.74 Å². The van der Waals surface area contributed by atoms with E-state index in [2.05, 4.69) is 20.4 Å². The molecule has 0 aromatic carbocycles. The lowest BCUT2D eigenvalue weighted by Crippen LogP contribution is -2.19. The van der Waals surface area contributed by atoms with Crippen molar-refractivity contribution < 1.29 is 4.74 Å². The van der Waals surface area contributed by atoms with E-state index >= 15 is 0 Å². The zero-order chi connectivity index (χ0) is 8.72. The molecule has 0 aromatic rings.